The maximum absolute atomic E-state index is 12.3. The summed E-state index contributed by atoms with van der Waals surface area (Å²) in [6, 6.07) is 11.6. The molecule has 0 aliphatic rings. The van der Waals surface area contributed by atoms with Gasteiger partial charge in [0.2, 0.25) is 0 Å². The highest BCUT2D eigenvalue weighted by Crippen LogP contribution is 2.26. The molecule has 3 aromatic heterocycles. The molecule has 4 aromatic rings. The first-order valence-electron chi connectivity index (χ1n) is 10.7. The minimum absolute atomic E-state index is 0.0878. The summed E-state index contributed by atoms with van der Waals surface area (Å²) in [4.78, 5) is 10.6. The van der Waals surface area contributed by atoms with E-state index in [9.17, 15) is 8.42 Å². The number of hydrogen-bond acceptors (Lipinski definition) is 7. The van der Waals surface area contributed by atoms with Gasteiger partial charge in [-0.15, -0.1) is 0 Å². The van der Waals surface area contributed by atoms with E-state index in [0.717, 1.165) is 45.5 Å². The largest absolute Gasteiger partial charge is 0.378 e. The lowest BCUT2D eigenvalue weighted by Gasteiger charge is -2.11. The predicted octanol–water partition coefficient (Wildman–Crippen LogP) is 3.88. The molecule has 0 spiro atoms. The molecule has 0 saturated heterocycles. The molecule has 0 amide bonds. The highest BCUT2D eigenvalue weighted by Gasteiger charge is 2.20. The summed E-state index contributed by atoms with van der Waals surface area (Å²) in [6.07, 6.45) is 5.30. The summed E-state index contributed by atoms with van der Waals surface area (Å²) in [5.41, 5.74) is 5.83. The van der Waals surface area contributed by atoms with Crippen molar-refractivity contribution in [2.75, 3.05) is 19.4 Å². The van der Waals surface area contributed by atoms with Gasteiger partial charge in [-0.1, -0.05) is 6.07 Å². The van der Waals surface area contributed by atoms with Crippen molar-refractivity contribution in [3.63, 3.8) is 0 Å². The van der Waals surface area contributed by atoms with Gasteiger partial charge in [0.25, 0.3) is 0 Å². The van der Waals surface area contributed by atoms with Gasteiger partial charge < -0.3 is 10.2 Å². The highest BCUT2D eigenvalue weighted by atomic mass is 32.2. The maximum atomic E-state index is 12.3. The van der Waals surface area contributed by atoms with Crippen molar-refractivity contribution < 1.29 is 8.42 Å². The van der Waals surface area contributed by atoms with Crippen LogP contribution in [0.3, 0.4) is 0 Å². The van der Waals surface area contributed by atoms with Crippen LogP contribution in [-0.2, 0) is 22.9 Å². The molecule has 8 nitrogen and oxygen atoms in total. The number of hydrogen-bond donors (Lipinski definition) is 2. The van der Waals surface area contributed by atoms with E-state index in [4.69, 9.17) is 0 Å². The first-order valence-corrected chi connectivity index (χ1v) is 12.3. The van der Waals surface area contributed by atoms with Crippen LogP contribution in [0.5, 0.6) is 0 Å². The molecular formula is C24H28N6O2S. The third kappa shape index (κ3) is 5.04. The van der Waals surface area contributed by atoms with E-state index < -0.39 is 15.1 Å². The van der Waals surface area contributed by atoms with Gasteiger partial charge in [-0.05, 0) is 69.4 Å². The summed E-state index contributed by atoms with van der Waals surface area (Å²) in [6.45, 7) is 4.62. The van der Waals surface area contributed by atoms with Gasteiger partial charge >= 0.3 is 0 Å². The first kappa shape index (κ1) is 22.9. The highest BCUT2D eigenvalue weighted by molar-refractivity contribution is 7.91. The predicted molar refractivity (Wildman–Crippen MR) is 131 cm³/mol. The molecule has 0 aliphatic carbocycles. The van der Waals surface area contributed by atoms with Gasteiger partial charge in [-0.25, -0.2) is 13.4 Å². The van der Waals surface area contributed by atoms with Crippen LogP contribution < -0.4 is 5.32 Å². The molecule has 0 radical (unpaired) electrons. The first-order chi connectivity index (χ1) is 15.7. The second kappa shape index (κ2) is 9.29. The van der Waals surface area contributed by atoms with Crippen LogP contribution in [0.4, 0.5) is 5.69 Å². The number of benzene rings is 1. The van der Waals surface area contributed by atoms with Gasteiger partial charge in [0.15, 0.2) is 14.9 Å². The third-order valence-electron chi connectivity index (χ3n) is 5.38. The van der Waals surface area contributed by atoms with Gasteiger partial charge in [0.05, 0.1) is 34.9 Å². The SMILES string of the molecule is CC(C)S(=O)(=O)c1ccc(NCc2[nH]nc3ccc(-c4cncc(CN(C)C)c4)cc23)cn1. The van der Waals surface area contributed by atoms with E-state index in [1.54, 1.807) is 26.1 Å². The zero-order chi connectivity index (χ0) is 23.6. The molecule has 3 heterocycles. The van der Waals surface area contributed by atoms with Gasteiger partial charge in [-0.2, -0.15) is 5.10 Å². The zero-order valence-corrected chi connectivity index (χ0v) is 20.0. The number of fused-ring (bicyclic) bond motifs is 1. The van der Waals surface area contributed by atoms with Crippen molar-refractivity contribution in [1.82, 2.24) is 25.1 Å². The third-order valence-corrected chi connectivity index (χ3v) is 7.44. The van der Waals surface area contributed by atoms with Gasteiger partial charge in [-0.3, -0.25) is 10.1 Å². The van der Waals surface area contributed by atoms with Crippen molar-refractivity contribution in [2.24, 2.45) is 0 Å². The van der Waals surface area contributed by atoms with Crippen molar-refractivity contribution in [3.8, 4) is 11.1 Å². The van der Waals surface area contributed by atoms with Crippen LogP contribution in [0.25, 0.3) is 22.0 Å². The van der Waals surface area contributed by atoms with E-state index in [2.05, 4.69) is 48.6 Å². The molecule has 0 bridgehead atoms. The van der Waals surface area contributed by atoms with Crippen LogP contribution in [-0.4, -0.2) is 52.8 Å². The normalized spacial score (nSPS) is 12.1. The molecule has 2 N–H and O–H groups in total. The molecule has 33 heavy (non-hydrogen) atoms. The Balaban J connectivity index is 1.54. The van der Waals surface area contributed by atoms with Gasteiger partial charge in [0.1, 0.15) is 0 Å². The van der Waals surface area contributed by atoms with Crippen molar-refractivity contribution in [2.45, 2.75) is 37.2 Å². The number of H-pyrrole nitrogens is 1. The fourth-order valence-corrected chi connectivity index (χ4v) is 4.50. The molecule has 9 heteroatoms. The smallest absolute Gasteiger partial charge is 0.197 e. The molecule has 172 valence electrons. The minimum Gasteiger partial charge on any atom is -0.378 e. The number of aromatic nitrogens is 4. The Labute approximate surface area is 194 Å². The van der Waals surface area contributed by atoms with E-state index in [1.165, 1.54) is 6.07 Å². The monoisotopic (exact) mass is 464 g/mol. The molecule has 4 rings (SSSR count). The molecule has 0 atom stereocenters. The van der Waals surface area contributed by atoms with Gasteiger partial charge in [0, 0.05) is 29.9 Å². The number of anilines is 1. The summed E-state index contributed by atoms with van der Waals surface area (Å²) in [5.74, 6) is 0. The Bertz CT molecular complexity index is 1360. The van der Waals surface area contributed by atoms with Crippen LogP contribution >= 0.6 is 0 Å². The zero-order valence-electron chi connectivity index (χ0n) is 19.2. The second-order valence-corrected chi connectivity index (χ2v) is 11.0. The van der Waals surface area contributed by atoms with Crippen molar-refractivity contribution >= 4 is 26.4 Å². The number of aromatic amines is 1. The molecule has 0 unspecified atom stereocenters. The lowest BCUT2D eigenvalue weighted by molar-refractivity contribution is 0.402. The molecule has 0 aliphatic heterocycles. The summed E-state index contributed by atoms with van der Waals surface area (Å²) in [7, 11) is 0.690. The van der Waals surface area contributed by atoms with Crippen molar-refractivity contribution in [3.05, 3.63) is 66.2 Å². The van der Waals surface area contributed by atoms with Crippen molar-refractivity contribution in [1.29, 1.82) is 0 Å². The summed E-state index contributed by atoms with van der Waals surface area (Å²) in [5, 5.41) is 11.4. The number of nitrogens with one attached hydrogen (secondary N) is 2. The standard InChI is InChI=1S/C24H28N6O2S/c1-16(2)33(31,32)24-8-6-20(13-27-24)26-14-23-21-10-18(5-7-22(21)28-29-23)19-9-17(11-25-12-19)15-30(3)4/h5-13,16,26H,14-15H2,1-4H3,(H,28,29). The Morgan fingerprint density at radius 3 is 2.55 bits per heavy atom. The fourth-order valence-electron chi connectivity index (χ4n) is 3.56. The van der Waals surface area contributed by atoms with Crippen LogP contribution in [0.2, 0.25) is 0 Å². The minimum atomic E-state index is -3.38. The van der Waals surface area contributed by atoms with Crippen LogP contribution in [0.15, 0.2) is 60.0 Å². The Hall–Kier alpha value is -3.30. The fraction of sp³-hybridized carbons (Fsp3) is 0.292. The summed E-state index contributed by atoms with van der Waals surface area (Å²) < 4.78 is 24.5. The Kier molecular flexibility index (Phi) is 6.44. The van der Waals surface area contributed by atoms with E-state index >= 15 is 0 Å². The average molecular weight is 465 g/mol. The average Bonchev–Trinajstić information content (AvgIpc) is 3.20. The van der Waals surface area contributed by atoms with E-state index in [1.807, 2.05) is 32.6 Å². The number of rotatable bonds is 8. The van der Waals surface area contributed by atoms with Crippen LogP contribution in [0.1, 0.15) is 25.1 Å². The topological polar surface area (TPSA) is 104 Å². The Morgan fingerprint density at radius 2 is 1.85 bits per heavy atom. The number of nitrogens with zero attached hydrogens (tertiary/aromatic N) is 4. The lowest BCUT2D eigenvalue weighted by atomic mass is 10.0. The lowest BCUT2D eigenvalue weighted by Crippen LogP contribution is -2.15. The number of pyridine rings is 2. The summed E-state index contributed by atoms with van der Waals surface area (Å²) >= 11 is 0. The second-order valence-electron chi connectivity index (χ2n) is 8.59. The molecule has 0 saturated carbocycles. The number of sulfone groups is 1. The quantitative estimate of drug-likeness (QED) is 0.408. The molecule has 0 fully saturated rings. The Morgan fingerprint density at radius 1 is 1.03 bits per heavy atom. The van der Waals surface area contributed by atoms with E-state index in [0.29, 0.717) is 6.54 Å². The maximum Gasteiger partial charge on any atom is 0.197 e. The van der Waals surface area contributed by atoms with Crippen LogP contribution in [0, 0.1) is 0 Å². The molecule has 1 aromatic carbocycles. The van der Waals surface area contributed by atoms with E-state index in [-0.39, 0.29) is 5.03 Å². The molecular weight excluding hydrogens is 436 g/mol.